The van der Waals surface area contributed by atoms with Gasteiger partial charge in [0, 0.05) is 6.54 Å². The summed E-state index contributed by atoms with van der Waals surface area (Å²) in [4.78, 5) is 0.0379. The summed E-state index contributed by atoms with van der Waals surface area (Å²) in [6.45, 7) is 4.06. The van der Waals surface area contributed by atoms with E-state index in [0.29, 0.717) is 5.69 Å². The molecule has 0 saturated heterocycles. The molecule has 4 N–H and O–H groups in total. The van der Waals surface area contributed by atoms with E-state index in [1.807, 2.05) is 13.8 Å². The monoisotopic (exact) mass is 258 g/mol. The lowest BCUT2D eigenvalue weighted by Crippen LogP contribution is -2.25. The highest BCUT2D eigenvalue weighted by atomic mass is 32.2. The molecule has 0 aromatic heterocycles. The molecule has 1 aromatic carbocycles. The van der Waals surface area contributed by atoms with Gasteiger partial charge in [-0.05, 0) is 18.1 Å². The van der Waals surface area contributed by atoms with E-state index in [9.17, 15) is 13.5 Å². The summed E-state index contributed by atoms with van der Waals surface area (Å²) < 4.78 is 22.6. The van der Waals surface area contributed by atoms with Crippen LogP contribution < -0.4 is 10.5 Å². The van der Waals surface area contributed by atoms with Gasteiger partial charge in [-0.15, -0.1) is 0 Å². The standard InChI is InChI=1S/C11H18N2O3S/c1-8(2)10(14)7-13-9-5-3-4-6-11(9)17(12,15)16/h3-6,8,10,13-14H,7H2,1-2H3,(H2,12,15,16). The van der Waals surface area contributed by atoms with Crippen molar-refractivity contribution in [2.45, 2.75) is 24.8 Å². The number of nitrogens with one attached hydrogen (secondary N) is 1. The van der Waals surface area contributed by atoms with Gasteiger partial charge in [-0.2, -0.15) is 0 Å². The minimum Gasteiger partial charge on any atom is -0.391 e. The van der Waals surface area contributed by atoms with Crippen LogP contribution in [0.15, 0.2) is 29.2 Å². The molecule has 1 unspecified atom stereocenters. The molecule has 1 rings (SSSR count). The van der Waals surface area contributed by atoms with Crippen LogP contribution in [0.4, 0.5) is 5.69 Å². The van der Waals surface area contributed by atoms with Crippen molar-refractivity contribution in [1.82, 2.24) is 0 Å². The van der Waals surface area contributed by atoms with Gasteiger partial charge in [0.25, 0.3) is 0 Å². The molecular weight excluding hydrogens is 240 g/mol. The summed E-state index contributed by atoms with van der Waals surface area (Å²) >= 11 is 0. The maximum atomic E-state index is 11.3. The third kappa shape index (κ3) is 3.99. The normalized spacial score (nSPS) is 13.7. The Balaban J connectivity index is 2.85. The zero-order valence-corrected chi connectivity index (χ0v) is 10.7. The van der Waals surface area contributed by atoms with E-state index in [0.717, 1.165) is 0 Å². The maximum Gasteiger partial charge on any atom is 0.240 e. The largest absolute Gasteiger partial charge is 0.391 e. The van der Waals surface area contributed by atoms with Crippen molar-refractivity contribution in [2.75, 3.05) is 11.9 Å². The molecule has 0 spiro atoms. The number of primary sulfonamides is 1. The Morgan fingerprint density at radius 3 is 2.47 bits per heavy atom. The molecule has 0 aliphatic rings. The number of hydrogen-bond donors (Lipinski definition) is 3. The van der Waals surface area contributed by atoms with E-state index in [2.05, 4.69) is 5.32 Å². The van der Waals surface area contributed by atoms with E-state index in [1.165, 1.54) is 6.07 Å². The van der Waals surface area contributed by atoms with Gasteiger partial charge >= 0.3 is 0 Å². The van der Waals surface area contributed by atoms with Gasteiger partial charge in [0.15, 0.2) is 0 Å². The highest BCUT2D eigenvalue weighted by Crippen LogP contribution is 2.19. The number of aliphatic hydroxyl groups excluding tert-OH is 1. The van der Waals surface area contributed by atoms with Crippen LogP contribution in [0.2, 0.25) is 0 Å². The van der Waals surface area contributed by atoms with Gasteiger partial charge in [0.1, 0.15) is 4.90 Å². The van der Waals surface area contributed by atoms with Gasteiger partial charge in [-0.1, -0.05) is 26.0 Å². The van der Waals surface area contributed by atoms with E-state index in [1.54, 1.807) is 18.2 Å². The second-order valence-electron chi connectivity index (χ2n) is 4.23. The Morgan fingerprint density at radius 1 is 1.35 bits per heavy atom. The molecule has 0 bridgehead atoms. The Labute approximate surface area is 102 Å². The van der Waals surface area contributed by atoms with Gasteiger partial charge in [-0.25, -0.2) is 13.6 Å². The van der Waals surface area contributed by atoms with Crippen LogP contribution >= 0.6 is 0 Å². The lowest BCUT2D eigenvalue weighted by Gasteiger charge is -2.17. The van der Waals surface area contributed by atoms with Crippen LogP contribution in [0.25, 0.3) is 0 Å². The number of rotatable bonds is 5. The predicted octanol–water partition coefficient (Wildman–Crippen LogP) is 0.763. The lowest BCUT2D eigenvalue weighted by molar-refractivity contribution is 0.138. The van der Waals surface area contributed by atoms with Crippen molar-refractivity contribution in [1.29, 1.82) is 0 Å². The second kappa shape index (κ2) is 5.48. The quantitative estimate of drug-likeness (QED) is 0.727. The summed E-state index contributed by atoms with van der Waals surface area (Å²) in [6, 6.07) is 6.36. The Morgan fingerprint density at radius 2 is 1.94 bits per heavy atom. The van der Waals surface area contributed by atoms with Gasteiger partial charge in [0.05, 0.1) is 11.8 Å². The molecule has 0 heterocycles. The Kier molecular flexibility index (Phi) is 4.50. The van der Waals surface area contributed by atoms with Crippen LogP contribution in [0.5, 0.6) is 0 Å². The molecule has 0 radical (unpaired) electrons. The SMILES string of the molecule is CC(C)C(O)CNc1ccccc1S(N)(=O)=O. The minimum absolute atomic E-state index is 0.0379. The average molecular weight is 258 g/mol. The van der Waals surface area contributed by atoms with Gasteiger partial charge < -0.3 is 10.4 Å². The first kappa shape index (κ1) is 14.0. The number of sulfonamides is 1. The van der Waals surface area contributed by atoms with Gasteiger partial charge in [0.2, 0.25) is 10.0 Å². The maximum absolute atomic E-state index is 11.3. The second-order valence-corrected chi connectivity index (χ2v) is 5.76. The summed E-state index contributed by atoms with van der Waals surface area (Å²) in [5, 5.41) is 17.6. The predicted molar refractivity (Wildman–Crippen MR) is 67.1 cm³/mol. The fourth-order valence-corrected chi connectivity index (χ4v) is 2.03. The molecule has 0 amide bonds. The van der Waals surface area contributed by atoms with E-state index < -0.39 is 16.1 Å². The van der Waals surface area contributed by atoms with E-state index in [-0.39, 0.29) is 17.4 Å². The summed E-state index contributed by atoms with van der Waals surface area (Å²) in [5.41, 5.74) is 0.412. The fraction of sp³-hybridized carbons (Fsp3) is 0.455. The molecule has 1 atom stereocenters. The first-order valence-corrected chi connectivity index (χ1v) is 6.90. The zero-order valence-electron chi connectivity index (χ0n) is 9.92. The van der Waals surface area contributed by atoms with Crippen LogP contribution in [0, 0.1) is 5.92 Å². The lowest BCUT2D eigenvalue weighted by atomic mass is 10.1. The highest BCUT2D eigenvalue weighted by molar-refractivity contribution is 7.89. The smallest absolute Gasteiger partial charge is 0.240 e. The number of aliphatic hydroxyl groups is 1. The fourth-order valence-electron chi connectivity index (χ4n) is 1.31. The van der Waals surface area contributed by atoms with Crippen molar-refractivity contribution < 1.29 is 13.5 Å². The molecule has 96 valence electrons. The number of anilines is 1. The van der Waals surface area contributed by atoms with Crippen molar-refractivity contribution in [3.8, 4) is 0 Å². The molecular formula is C11H18N2O3S. The molecule has 17 heavy (non-hydrogen) atoms. The van der Waals surface area contributed by atoms with Crippen molar-refractivity contribution in [3.05, 3.63) is 24.3 Å². The highest BCUT2D eigenvalue weighted by Gasteiger charge is 2.14. The van der Waals surface area contributed by atoms with Gasteiger partial charge in [-0.3, -0.25) is 0 Å². The summed E-state index contributed by atoms with van der Waals surface area (Å²) in [7, 11) is -3.75. The molecule has 0 aliphatic carbocycles. The van der Waals surface area contributed by atoms with Crippen molar-refractivity contribution in [2.24, 2.45) is 11.1 Å². The van der Waals surface area contributed by atoms with Crippen LogP contribution in [0.3, 0.4) is 0 Å². The topological polar surface area (TPSA) is 92.4 Å². The zero-order chi connectivity index (χ0) is 13.1. The number of para-hydroxylation sites is 1. The number of hydrogen-bond acceptors (Lipinski definition) is 4. The summed E-state index contributed by atoms with van der Waals surface area (Å²) in [6.07, 6.45) is -0.538. The summed E-state index contributed by atoms with van der Waals surface area (Å²) in [5.74, 6) is 0.101. The first-order valence-electron chi connectivity index (χ1n) is 5.36. The van der Waals surface area contributed by atoms with Crippen molar-refractivity contribution >= 4 is 15.7 Å². The van der Waals surface area contributed by atoms with Crippen molar-refractivity contribution in [3.63, 3.8) is 0 Å². The van der Waals surface area contributed by atoms with Crippen LogP contribution in [-0.2, 0) is 10.0 Å². The third-order valence-electron chi connectivity index (χ3n) is 2.46. The molecule has 5 nitrogen and oxygen atoms in total. The first-order chi connectivity index (χ1) is 7.82. The minimum atomic E-state index is -3.75. The average Bonchev–Trinajstić information content (AvgIpc) is 2.24. The molecule has 0 saturated carbocycles. The Bertz CT molecular complexity index is 471. The molecule has 0 aliphatic heterocycles. The molecule has 1 aromatic rings. The van der Waals surface area contributed by atoms with E-state index in [4.69, 9.17) is 5.14 Å². The Hall–Kier alpha value is -1.11. The molecule has 0 fully saturated rings. The van der Waals surface area contributed by atoms with E-state index >= 15 is 0 Å². The third-order valence-corrected chi connectivity index (χ3v) is 3.43. The molecule has 6 heteroatoms. The number of benzene rings is 1. The van der Waals surface area contributed by atoms with Crippen LogP contribution in [0.1, 0.15) is 13.8 Å². The number of nitrogens with two attached hydrogens (primary N) is 1. The van der Waals surface area contributed by atoms with Crippen LogP contribution in [-0.4, -0.2) is 26.2 Å².